The van der Waals surface area contributed by atoms with Crippen LogP contribution in [0.2, 0.25) is 0 Å². The molecule has 0 saturated heterocycles. The fourth-order valence-electron chi connectivity index (χ4n) is 2.87. The maximum Gasteiger partial charge on any atom is 0.266 e. The predicted octanol–water partition coefficient (Wildman–Crippen LogP) is 4.93. The zero-order chi connectivity index (χ0) is 17.4. The summed E-state index contributed by atoms with van der Waals surface area (Å²) in [5.74, 6) is 0.579. The Morgan fingerprint density at radius 2 is 1.96 bits per heavy atom. The first kappa shape index (κ1) is 15.6. The summed E-state index contributed by atoms with van der Waals surface area (Å²) in [4.78, 5) is 18.1. The van der Waals surface area contributed by atoms with Crippen molar-refractivity contribution in [3.63, 3.8) is 0 Å². The number of thiophene rings is 1. The molecule has 3 aromatic heterocycles. The molecule has 0 bridgehead atoms. The maximum atomic E-state index is 12.6. The Hall–Kier alpha value is -2.92. The van der Waals surface area contributed by atoms with Crippen molar-refractivity contribution in [2.75, 3.05) is 5.32 Å². The van der Waals surface area contributed by atoms with Crippen LogP contribution in [0.4, 0.5) is 5.82 Å². The molecule has 0 aliphatic carbocycles. The lowest BCUT2D eigenvalue weighted by molar-refractivity contribution is 0.103. The number of nitrogens with zero attached hydrogens (tertiary/aromatic N) is 2. The number of hydrogen-bond acceptors (Lipinski definition) is 3. The van der Waals surface area contributed by atoms with Crippen molar-refractivity contribution in [1.82, 2.24) is 9.38 Å². The Kier molecular flexibility index (Phi) is 3.86. The number of amides is 1. The van der Waals surface area contributed by atoms with Crippen LogP contribution in [-0.4, -0.2) is 15.3 Å². The molecule has 0 atom stereocenters. The average molecular weight is 347 g/mol. The van der Waals surface area contributed by atoms with Gasteiger partial charge in [0, 0.05) is 11.8 Å². The van der Waals surface area contributed by atoms with E-state index >= 15 is 0 Å². The predicted molar refractivity (Wildman–Crippen MR) is 102 cm³/mol. The van der Waals surface area contributed by atoms with Gasteiger partial charge in [-0.2, -0.15) is 0 Å². The summed E-state index contributed by atoms with van der Waals surface area (Å²) in [6.45, 7) is 4.08. The largest absolute Gasteiger partial charge is 0.305 e. The monoisotopic (exact) mass is 347 g/mol. The number of aromatic nitrogens is 2. The molecule has 0 spiro atoms. The second kappa shape index (κ2) is 6.18. The first-order valence-corrected chi connectivity index (χ1v) is 8.91. The van der Waals surface area contributed by atoms with E-state index < -0.39 is 0 Å². The highest BCUT2D eigenvalue weighted by atomic mass is 32.1. The fourth-order valence-corrected chi connectivity index (χ4v) is 3.49. The Morgan fingerprint density at radius 3 is 2.72 bits per heavy atom. The normalized spacial score (nSPS) is 11.0. The van der Waals surface area contributed by atoms with Crippen molar-refractivity contribution in [2.45, 2.75) is 13.8 Å². The maximum absolute atomic E-state index is 12.6. The number of fused-ring (bicyclic) bond motifs is 1. The Balaban J connectivity index is 1.89. The summed E-state index contributed by atoms with van der Waals surface area (Å²) in [6.07, 6.45) is 1.95. The fraction of sp³-hybridized carbons (Fsp3) is 0.100. The number of nitrogens with one attached hydrogen (secondary N) is 1. The van der Waals surface area contributed by atoms with Crippen LogP contribution in [0.5, 0.6) is 0 Å². The van der Waals surface area contributed by atoms with Gasteiger partial charge < -0.3 is 5.32 Å². The summed E-state index contributed by atoms with van der Waals surface area (Å²) in [7, 11) is 0. The zero-order valence-corrected chi connectivity index (χ0v) is 14.8. The minimum atomic E-state index is -0.118. The number of carbonyl (C=O) groups excluding carboxylic acids is 1. The molecule has 0 aliphatic heterocycles. The van der Waals surface area contributed by atoms with Gasteiger partial charge in [0.05, 0.1) is 4.88 Å². The van der Waals surface area contributed by atoms with Crippen LogP contribution < -0.4 is 5.32 Å². The second-order valence-electron chi connectivity index (χ2n) is 5.99. The van der Waals surface area contributed by atoms with E-state index in [1.165, 1.54) is 11.3 Å². The second-order valence-corrected chi connectivity index (χ2v) is 6.94. The highest BCUT2D eigenvalue weighted by Gasteiger charge is 2.18. The molecule has 0 aliphatic rings. The molecule has 1 amide bonds. The summed E-state index contributed by atoms with van der Waals surface area (Å²) >= 11 is 1.42. The molecule has 4 aromatic rings. The summed E-state index contributed by atoms with van der Waals surface area (Å²) < 4.78 is 1.93. The van der Waals surface area contributed by atoms with Crippen LogP contribution >= 0.6 is 11.3 Å². The molecule has 4 nitrogen and oxygen atoms in total. The first-order valence-electron chi connectivity index (χ1n) is 8.03. The third kappa shape index (κ3) is 2.83. The van der Waals surface area contributed by atoms with Crippen molar-refractivity contribution in [3.05, 3.63) is 76.1 Å². The smallest absolute Gasteiger partial charge is 0.266 e. The number of aryl methyl sites for hydroxylation is 2. The van der Waals surface area contributed by atoms with E-state index in [9.17, 15) is 4.79 Å². The number of benzene rings is 1. The van der Waals surface area contributed by atoms with Crippen LogP contribution in [0.15, 0.2) is 60.1 Å². The van der Waals surface area contributed by atoms with Gasteiger partial charge in [-0.25, -0.2) is 4.98 Å². The molecule has 3 heterocycles. The lowest BCUT2D eigenvalue weighted by Crippen LogP contribution is -2.12. The molecule has 0 fully saturated rings. The number of anilines is 1. The van der Waals surface area contributed by atoms with Crippen molar-refractivity contribution in [3.8, 4) is 11.3 Å². The number of hydrogen-bond donors (Lipinski definition) is 1. The SMILES string of the molecule is Cc1ccn2c(NC(=O)c3cccs3)c(-c3ccccc3C)nc2c1. The molecule has 4 rings (SSSR count). The van der Waals surface area contributed by atoms with Gasteiger partial charge in [0.1, 0.15) is 17.2 Å². The van der Waals surface area contributed by atoms with Crippen molar-refractivity contribution in [2.24, 2.45) is 0 Å². The topological polar surface area (TPSA) is 46.4 Å². The highest BCUT2D eigenvalue weighted by Crippen LogP contribution is 2.31. The van der Waals surface area contributed by atoms with Crippen molar-refractivity contribution in [1.29, 1.82) is 0 Å². The number of carbonyl (C=O) groups is 1. The zero-order valence-electron chi connectivity index (χ0n) is 14.0. The van der Waals surface area contributed by atoms with E-state index in [2.05, 4.69) is 18.3 Å². The first-order chi connectivity index (χ1) is 12.1. The van der Waals surface area contributed by atoms with Gasteiger partial charge in [-0.1, -0.05) is 30.3 Å². The molecule has 0 saturated carbocycles. The van der Waals surface area contributed by atoms with Gasteiger partial charge >= 0.3 is 0 Å². The summed E-state index contributed by atoms with van der Waals surface area (Å²) in [6, 6.07) is 15.8. The standard InChI is InChI=1S/C20H17N3OS/c1-13-9-10-23-17(12-13)21-18(15-7-4-3-6-14(15)2)19(23)22-20(24)16-8-5-11-25-16/h3-12H,1-2H3,(H,22,24). The van der Waals surface area contributed by atoms with Gasteiger partial charge in [0.25, 0.3) is 5.91 Å². The molecule has 25 heavy (non-hydrogen) atoms. The average Bonchev–Trinajstić information content (AvgIpc) is 3.24. The highest BCUT2D eigenvalue weighted by molar-refractivity contribution is 7.12. The molecule has 1 N–H and O–H groups in total. The van der Waals surface area contributed by atoms with E-state index in [0.717, 1.165) is 28.0 Å². The van der Waals surface area contributed by atoms with Gasteiger partial charge in [-0.15, -0.1) is 11.3 Å². The number of rotatable bonds is 3. The van der Waals surface area contributed by atoms with Gasteiger partial charge in [0.15, 0.2) is 0 Å². The molecule has 0 unspecified atom stereocenters. The van der Waals surface area contributed by atoms with Crippen LogP contribution in [0, 0.1) is 13.8 Å². The van der Waals surface area contributed by atoms with Gasteiger partial charge in [-0.3, -0.25) is 9.20 Å². The van der Waals surface area contributed by atoms with Gasteiger partial charge in [0.2, 0.25) is 0 Å². The van der Waals surface area contributed by atoms with Crippen molar-refractivity contribution >= 4 is 28.7 Å². The van der Waals surface area contributed by atoms with E-state index in [-0.39, 0.29) is 5.91 Å². The van der Waals surface area contributed by atoms with E-state index in [1.54, 1.807) is 0 Å². The van der Waals surface area contributed by atoms with Crippen molar-refractivity contribution < 1.29 is 4.79 Å². The lowest BCUT2D eigenvalue weighted by Gasteiger charge is -2.08. The van der Waals surface area contributed by atoms with Crippen LogP contribution in [0.1, 0.15) is 20.8 Å². The van der Waals surface area contributed by atoms with Crippen LogP contribution in [-0.2, 0) is 0 Å². The summed E-state index contributed by atoms with van der Waals surface area (Å²) in [5.41, 5.74) is 4.87. The van der Waals surface area contributed by atoms with Gasteiger partial charge in [-0.05, 0) is 48.6 Å². The Morgan fingerprint density at radius 1 is 1.12 bits per heavy atom. The minimum absolute atomic E-state index is 0.118. The molecule has 1 aromatic carbocycles. The molecule has 5 heteroatoms. The molecule has 124 valence electrons. The quantitative estimate of drug-likeness (QED) is 0.571. The van der Waals surface area contributed by atoms with E-state index in [0.29, 0.717) is 10.7 Å². The van der Waals surface area contributed by atoms with Crippen LogP contribution in [0.3, 0.4) is 0 Å². The summed E-state index contributed by atoms with van der Waals surface area (Å²) in [5, 5.41) is 4.95. The Bertz CT molecular complexity index is 1060. The number of pyridine rings is 1. The van der Waals surface area contributed by atoms with E-state index in [1.807, 2.05) is 65.4 Å². The molecule has 0 radical (unpaired) electrons. The molecular formula is C20H17N3OS. The van der Waals surface area contributed by atoms with Crippen LogP contribution in [0.25, 0.3) is 16.9 Å². The minimum Gasteiger partial charge on any atom is -0.305 e. The number of imidazole rings is 1. The van der Waals surface area contributed by atoms with E-state index in [4.69, 9.17) is 4.98 Å². The lowest BCUT2D eigenvalue weighted by atomic mass is 10.1. The molecular weight excluding hydrogens is 330 g/mol. The Labute approximate surface area is 149 Å². The third-order valence-electron chi connectivity index (χ3n) is 4.16. The third-order valence-corrected chi connectivity index (χ3v) is 5.03.